The zero-order valence-electron chi connectivity index (χ0n) is 10.7. The molecule has 94 valence electrons. The Bertz CT molecular complexity index is 606. The molecule has 1 fully saturated rings. The first-order valence-corrected chi connectivity index (χ1v) is 6.75. The van der Waals surface area contributed by atoms with Gasteiger partial charge in [0.1, 0.15) is 5.82 Å². The van der Waals surface area contributed by atoms with Crippen molar-refractivity contribution in [2.75, 3.05) is 0 Å². The molecule has 4 heteroatoms. The molecule has 19 heavy (non-hydrogen) atoms. The summed E-state index contributed by atoms with van der Waals surface area (Å²) in [6, 6.07) is 8.01. The lowest BCUT2D eigenvalue weighted by atomic mass is 9.75. The molecule has 1 aromatic heterocycles. The Hall–Kier alpha value is -1.71. The number of benzene rings is 1. The van der Waals surface area contributed by atoms with Gasteiger partial charge in [-0.25, -0.2) is 9.97 Å². The summed E-state index contributed by atoms with van der Waals surface area (Å²) in [6.07, 6.45) is 5.50. The van der Waals surface area contributed by atoms with Crippen LogP contribution in [0.15, 0.2) is 30.5 Å². The number of rotatable bonds is 2. The van der Waals surface area contributed by atoms with Gasteiger partial charge in [0.05, 0.1) is 11.2 Å². The predicted octanol–water partition coefficient (Wildman–Crippen LogP) is 2.60. The van der Waals surface area contributed by atoms with E-state index in [2.05, 4.69) is 9.97 Å². The molecule has 0 unspecified atom stereocenters. The molecule has 1 saturated carbocycles. The van der Waals surface area contributed by atoms with Gasteiger partial charge in [0.2, 0.25) is 0 Å². The van der Waals surface area contributed by atoms with Crippen molar-refractivity contribution in [3.63, 3.8) is 0 Å². The molecule has 1 aliphatic carbocycles. The summed E-state index contributed by atoms with van der Waals surface area (Å²) in [6.45, 7) is 0. The van der Waals surface area contributed by atoms with E-state index in [1.165, 1.54) is 0 Å². The Labute approximate surface area is 113 Å². The van der Waals surface area contributed by atoms with Crippen LogP contribution in [0.2, 0.25) is 0 Å². The van der Waals surface area contributed by atoms with Crippen LogP contribution < -0.4 is 0 Å². The Morgan fingerprint density at radius 1 is 1.16 bits per heavy atom. The van der Waals surface area contributed by atoms with Crippen LogP contribution in [-0.2, 0) is 4.79 Å². The highest BCUT2D eigenvalue weighted by Crippen LogP contribution is 2.34. The molecule has 0 aliphatic heterocycles. The van der Waals surface area contributed by atoms with Gasteiger partial charge in [0, 0.05) is 23.4 Å². The highest BCUT2D eigenvalue weighted by molar-refractivity contribution is 6.58. The third-order valence-corrected chi connectivity index (χ3v) is 4.00. The number of hydrogen-bond donors (Lipinski definition) is 0. The summed E-state index contributed by atoms with van der Waals surface area (Å²) < 4.78 is 0. The molecule has 0 spiro atoms. The fourth-order valence-electron chi connectivity index (χ4n) is 2.82. The first-order chi connectivity index (χ1) is 9.24. The van der Waals surface area contributed by atoms with Gasteiger partial charge in [-0.15, -0.1) is 0 Å². The maximum Gasteiger partial charge on any atom is 0.168 e. The summed E-state index contributed by atoms with van der Waals surface area (Å²) in [5.74, 6) is 1.30. The SMILES string of the molecule is [B]C(=O)C1CCC(c2ncc3ccccc3n2)CC1. The lowest BCUT2D eigenvalue weighted by Crippen LogP contribution is -2.21. The van der Waals surface area contributed by atoms with Crippen molar-refractivity contribution in [3.05, 3.63) is 36.3 Å². The van der Waals surface area contributed by atoms with Crippen molar-refractivity contribution in [1.82, 2.24) is 9.97 Å². The molecule has 0 bridgehead atoms. The van der Waals surface area contributed by atoms with Gasteiger partial charge in [0.25, 0.3) is 0 Å². The van der Waals surface area contributed by atoms with E-state index in [1.807, 2.05) is 30.5 Å². The van der Waals surface area contributed by atoms with Gasteiger partial charge in [-0.1, -0.05) is 18.2 Å². The van der Waals surface area contributed by atoms with E-state index in [0.717, 1.165) is 42.4 Å². The third kappa shape index (κ3) is 2.53. The average molecular weight is 250 g/mol. The summed E-state index contributed by atoms with van der Waals surface area (Å²) in [4.78, 5) is 20.3. The lowest BCUT2D eigenvalue weighted by Gasteiger charge is -2.26. The van der Waals surface area contributed by atoms with Crippen LogP contribution in [0.5, 0.6) is 0 Å². The molecule has 2 radical (unpaired) electrons. The second kappa shape index (κ2) is 5.12. The third-order valence-electron chi connectivity index (χ3n) is 4.00. The zero-order valence-corrected chi connectivity index (χ0v) is 10.7. The number of fused-ring (bicyclic) bond motifs is 1. The predicted molar refractivity (Wildman–Crippen MR) is 75.0 cm³/mol. The van der Waals surface area contributed by atoms with Crippen molar-refractivity contribution >= 4 is 24.4 Å². The van der Waals surface area contributed by atoms with Crippen LogP contribution in [-0.4, -0.2) is 23.5 Å². The summed E-state index contributed by atoms with van der Waals surface area (Å²) in [7, 11) is 5.36. The van der Waals surface area contributed by atoms with E-state index in [1.54, 1.807) is 0 Å². The van der Waals surface area contributed by atoms with Crippen molar-refractivity contribution in [2.45, 2.75) is 31.6 Å². The van der Waals surface area contributed by atoms with Gasteiger partial charge < -0.3 is 4.79 Å². The Kier molecular flexibility index (Phi) is 3.32. The number of nitrogens with zero attached hydrogens (tertiary/aromatic N) is 2. The number of hydrogen-bond acceptors (Lipinski definition) is 3. The van der Waals surface area contributed by atoms with Gasteiger partial charge in [0.15, 0.2) is 7.85 Å². The first-order valence-electron chi connectivity index (χ1n) is 6.75. The quantitative estimate of drug-likeness (QED) is 0.769. The van der Waals surface area contributed by atoms with E-state index in [4.69, 9.17) is 7.85 Å². The van der Waals surface area contributed by atoms with Crippen molar-refractivity contribution < 1.29 is 4.79 Å². The number of aromatic nitrogens is 2. The molecule has 0 N–H and O–H groups in total. The standard InChI is InChI=1S/C15H15BN2O/c16-14(19)10-5-7-11(8-6-10)15-17-9-12-3-1-2-4-13(12)18-15/h1-4,9-11H,5-8H2. The van der Waals surface area contributed by atoms with Crippen LogP contribution >= 0.6 is 0 Å². The largest absolute Gasteiger partial charge is 0.312 e. The second-order valence-corrected chi connectivity index (χ2v) is 5.24. The van der Waals surface area contributed by atoms with E-state index in [9.17, 15) is 4.79 Å². The van der Waals surface area contributed by atoms with Crippen molar-refractivity contribution in [3.8, 4) is 0 Å². The molecule has 3 rings (SSSR count). The zero-order chi connectivity index (χ0) is 13.2. The minimum atomic E-state index is -0.169. The van der Waals surface area contributed by atoms with Crippen LogP contribution in [0.3, 0.4) is 0 Å². The van der Waals surface area contributed by atoms with Crippen molar-refractivity contribution in [1.29, 1.82) is 0 Å². The summed E-state index contributed by atoms with van der Waals surface area (Å²) >= 11 is 0. The number of para-hydroxylation sites is 1. The van der Waals surface area contributed by atoms with E-state index >= 15 is 0 Å². The molecule has 2 aromatic rings. The normalized spacial score (nSPS) is 23.4. The molecule has 0 saturated heterocycles. The van der Waals surface area contributed by atoms with E-state index in [-0.39, 0.29) is 11.6 Å². The monoisotopic (exact) mass is 250 g/mol. The minimum Gasteiger partial charge on any atom is -0.312 e. The van der Waals surface area contributed by atoms with E-state index < -0.39 is 0 Å². The maximum absolute atomic E-state index is 11.2. The fourth-order valence-corrected chi connectivity index (χ4v) is 2.82. The Balaban J connectivity index is 1.80. The van der Waals surface area contributed by atoms with Crippen LogP contribution in [0.1, 0.15) is 37.4 Å². The van der Waals surface area contributed by atoms with E-state index in [0.29, 0.717) is 5.92 Å². The number of carbonyl (C=O) groups is 1. The molecular weight excluding hydrogens is 235 g/mol. The summed E-state index contributed by atoms with van der Waals surface area (Å²) in [5.41, 5.74) is 0.822. The minimum absolute atomic E-state index is 0.0386. The van der Waals surface area contributed by atoms with Gasteiger partial charge >= 0.3 is 0 Å². The molecule has 1 aliphatic rings. The van der Waals surface area contributed by atoms with Gasteiger partial charge in [-0.3, -0.25) is 0 Å². The van der Waals surface area contributed by atoms with Crippen molar-refractivity contribution in [2.24, 2.45) is 5.92 Å². The Morgan fingerprint density at radius 3 is 2.63 bits per heavy atom. The fraction of sp³-hybridized carbons (Fsp3) is 0.400. The molecule has 3 nitrogen and oxygen atoms in total. The molecular formula is C15H15BN2O. The topological polar surface area (TPSA) is 42.9 Å². The summed E-state index contributed by atoms with van der Waals surface area (Å²) in [5, 5.41) is 1.07. The molecule has 0 atom stereocenters. The second-order valence-electron chi connectivity index (χ2n) is 5.24. The molecule has 1 heterocycles. The van der Waals surface area contributed by atoms with Crippen LogP contribution in [0, 0.1) is 5.92 Å². The first kappa shape index (κ1) is 12.3. The molecule has 1 aromatic carbocycles. The highest BCUT2D eigenvalue weighted by Gasteiger charge is 2.26. The average Bonchev–Trinajstić information content (AvgIpc) is 2.47. The van der Waals surface area contributed by atoms with Gasteiger partial charge in [-0.2, -0.15) is 0 Å². The van der Waals surface area contributed by atoms with Crippen LogP contribution in [0.25, 0.3) is 10.9 Å². The maximum atomic E-state index is 11.2. The molecule has 0 amide bonds. The highest BCUT2D eigenvalue weighted by atomic mass is 16.1. The number of carbonyl (C=O) groups excluding carboxylic acids is 1. The van der Waals surface area contributed by atoms with Gasteiger partial charge in [-0.05, 0) is 31.7 Å². The Morgan fingerprint density at radius 2 is 1.89 bits per heavy atom. The smallest absolute Gasteiger partial charge is 0.168 e. The van der Waals surface area contributed by atoms with Crippen LogP contribution in [0.4, 0.5) is 0 Å². The lowest BCUT2D eigenvalue weighted by molar-refractivity contribution is -0.116.